The molecule has 2 aromatic heterocycles. The van der Waals surface area contributed by atoms with Crippen LogP contribution < -0.4 is 5.73 Å². The molecule has 0 aliphatic carbocycles. The number of carbonyl (C=O) groups is 1. The SMILES string of the molecule is CC1(C)CN(C(=O)Cc2cn3cc(Cl)cc(Cl)c3n2)CCC1N.Cl.Cl. The first kappa shape index (κ1) is 22.3. The Bertz CT molecular complexity index is 762. The van der Waals surface area contributed by atoms with Gasteiger partial charge in [0.2, 0.25) is 5.91 Å². The quantitative estimate of drug-likeness (QED) is 0.795. The molecule has 1 atom stereocenters. The number of halogens is 4. The van der Waals surface area contributed by atoms with Crippen molar-refractivity contribution in [1.82, 2.24) is 14.3 Å². The van der Waals surface area contributed by atoms with Crippen LogP contribution in [0.2, 0.25) is 10.0 Å². The molecule has 1 aliphatic rings. The minimum atomic E-state index is -0.0658. The topological polar surface area (TPSA) is 63.6 Å². The average molecular weight is 428 g/mol. The second kappa shape index (κ2) is 8.31. The van der Waals surface area contributed by atoms with Crippen molar-refractivity contribution < 1.29 is 4.79 Å². The highest BCUT2D eigenvalue weighted by Crippen LogP contribution is 2.28. The van der Waals surface area contributed by atoms with Crippen LogP contribution in [-0.2, 0) is 11.2 Å². The van der Waals surface area contributed by atoms with Gasteiger partial charge in [-0.3, -0.25) is 4.79 Å². The lowest BCUT2D eigenvalue weighted by molar-refractivity contribution is -0.133. The predicted molar refractivity (Wildman–Crippen MR) is 106 cm³/mol. The number of aromatic nitrogens is 2. The van der Waals surface area contributed by atoms with Gasteiger partial charge in [-0.2, -0.15) is 0 Å². The normalized spacial score (nSPS) is 19.2. The van der Waals surface area contributed by atoms with Crippen LogP contribution in [0.3, 0.4) is 0 Å². The van der Waals surface area contributed by atoms with E-state index >= 15 is 0 Å². The number of rotatable bonds is 2. The Balaban J connectivity index is 0.00000156. The summed E-state index contributed by atoms with van der Waals surface area (Å²) < 4.78 is 1.75. The number of piperidine rings is 1. The van der Waals surface area contributed by atoms with Crippen molar-refractivity contribution in [3.63, 3.8) is 0 Å². The molecule has 25 heavy (non-hydrogen) atoms. The largest absolute Gasteiger partial charge is 0.342 e. The van der Waals surface area contributed by atoms with Crippen LogP contribution in [0.1, 0.15) is 26.0 Å². The number of fused-ring (bicyclic) bond motifs is 1. The third-order valence-electron chi connectivity index (χ3n) is 4.52. The van der Waals surface area contributed by atoms with Crippen LogP contribution in [0.25, 0.3) is 5.65 Å². The number of pyridine rings is 1. The predicted octanol–water partition coefficient (Wildman–Crippen LogP) is 3.61. The van der Waals surface area contributed by atoms with Crippen LogP contribution in [0.5, 0.6) is 0 Å². The number of amides is 1. The zero-order valence-electron chi connectivity index (χ0n) is 14.0. The first-order valence-electron chi connectivity index (χ1n) is 7.62. The van der Waals surface area contributed by atoms with Crippen molar-refractivity contribution in [1.29, 1.82) is 0 Å². The Hall–Kier alpha value is -0.720. The maximum atomic E-state index is 12.6. The van der Waals surface area contributed by atoms with Crippen molar-refractivity contribution in [3.05, 3.63) is 34.2 Å². The molecule has 1 saturated heterocycles. The van der Waals surface area contributed by atoms with E-state index in [2.05, 4.69) is 18.8 Å². The van der Waals surface area contributed by atoms with Crippen molar-refractivity contribution in [3.8, 4) is 0 Å². The van der Waals surface area contributed by atoms with E-state index in [4.69, 9.17) is 28.9 Å². The van der Waals surface area contributed by atoms with E-state index in [1.54, 1.807) is 22.9 Å². The van der Waals surface area contributed by atoms with E-state index in [1.807, 2.05) is 4.90 Å². The van der Waals surface area contributed by atoms with Gasteiger partial charge in [-0.1, -0.05) is 37.0 Å². The smallest absolute Gasteiger partial charge is 0.228 e. The molecule has 3 rings (SSSR count). The van der Waals surface area contributed by atoms with Gasteiger partial charge in [0.05, 0.1) is 22.2 Å². The summed E-state index contributed by atoms with van der Waals surface area (Å²) >= 11 is 12.1. The number of hydrogen-bond acceptors (Lipinski definition) is 3. The molecule has 0 radical (unpaired) electrons. The molecule has 0 spiro atoms. The number of imidazole rings is 1. The van der Waals surface area contributed by atoms with Gasteiger partial charge in [0.15, 0.2) is 5.65 Å². The van der Waals surface area contributed by atoms with Crippen LogP contribution in [0.15, 0.2) is 18.5 Å². The standard InChI is InChI=1S/C16H20Cl2N4O.2ClH/c1-16(2)9-21(4-3-13(16)19)14(23)6-11-8-22-7-10(17)5-12(18)15(22)20-11;;/h5,7-8,13H,3-4,6,9,19H2,1-2H3;2*1H. The third-order valence-corrected chi connectivity index (χ3v) is 5.00. The molecule has 2 N–H and O–H groups in total. The summed E-state index contributed by atoms with van der Waals surface area (Å²) in [4.78, 5) is 18.9. The third kappa shape index (κ3) is 4.72. The van der Waals surface area contributed by atoms with E-state index in [9.17, 15) is 4.79 Å². The fraction of sp³-hybridized carbons (Fsp3) is 0.500. The second-order valence-electron chi connectivity index (χ2n) is 6.85. The molecule has 5 nitrogen and oxygen atoms in total. The fourth-order valence-electron chi connectivity index (χ4n) is 3.01. The summed E-state index contributed by atoms with van der Waals surface area (Å²) in [5.41, 5.74) is 7.36. The maximum Gasteiger partial charge on any atom is 0.228 e. The lowest BCUT2D eigenvalue weighted by Gasteiger charge is -2.42. The lowest BCUT2D eigenvalue weighted by atomic mass is 9.79. The van der Waals surface area contributed by atoms with E-state index < -0.39 is 0 Å². The molecular weight excluding hydrogens is 406 g/mol. The highest BCUT2D eigenvalue weighted by molar-refractivity contribution is 6.36. The lowest BCUT2D eigenvalue weighted by Crippen LogP contribution is -2.54. The molecule has 1 amide bonds. The molecule has 1 unspecified atom stereocenters. The van der Waals surface area contributed by atoms with Gasteiger partial charge in [0, 0.05) is 31.5 Å². The van der Waals surface area contributed by atoms with Gasteiger partial charge in [-0.25, -0.2) is 4.98 Å². The number of hydrogen-bond donors (Lipinski definition) is 1. The Morgan fingerprint density at radius 1 is 1.36 bits per heavy atom. The highest BCUT2D eigenvalue weighted by atomic mass is 35.5. The summed E-state index contributed by atoms with van der Waals surface area (Å²) in [6, 6.07) is 1.77. The summed E-state index contributed by atoms with van der Waals surface area (Å²) in [6.45, 7) is 5.57. The number of nitrogens with zero attached hydrogens (tertiary/aromatic N) is 3. The van der Waals surface area contributed by atoms with Gasteiger partial charge in [-0.05, 0) is 17.9 Å². The van der Waals surface area contributed by atoms with Gasteiger partial charge in [0.1, 0.15) is 0 Å². The highest BCUT2D eigenvalue weighted by Gasteiger charge is 2.35. The van der Waals surface area contributed by atoms with Gasteiger partial charge in [-0.15, -0.1) is 24.8 Å². The molecule has 140 valence electrons. The summed E-state index contributed by atoms with van der Waals surface area (Å²) in [5, 5.41) is 1.01. The van der Waals surface area contributed by atoms with E-state index in [0.29, 0.717) is 34.5 Å². The van der Waals surface area contributed by atoms with Crippen molar-refractivity contribution in [2.75, 3.05) is 13.1 Å². The summed E-state index contributed by atoms with van der Waals surface area (Å²) in [6.07, 6.45) is 4.60. The minimum absolute atomic E-state index is 0. The average Bonchev–Trinajstić information content (AvgIpc) is 2.84. The molecule has 0 saturated carbocycles. The van der Waals surface area contributed by atoms with E-state index in [1.165, 1.54) is 0 Å². The molecule has 1 fully saturated rings. The van der Waals surface area contributed by atoms with Crippen LogP contribution in [-0.4, -0.2) is 39.3 Å². The van der Waals surface area contributed by atoms with Crippen molar-refractivity contribution in [2.24, 2.45) is 11.1 Å². The molecule has 2 aromatic rings. The summed E-state index contributed by atoms with van der Waals surface area (Å²) in [5.74, 6) is 0.0654. The Morgan fingerprint density at radius 3 is 2.68 bits per heavy atom. The first-order valence-corrected chi connectivity index (χ1v) is 8.38. The number of likely N-dealkylation sites (tertiary alicyclic amines) is 1. The second-order valence-corrected chi connectivity index (χ2v) is 7.69. The van der Waals surface area contributed by atoms with Crippen molar-refractivity contribution in [2.45, 2.75) is 32.7 Å². The van der Waals surface area contributed by atoms with Crippen LogP contribution >= 0.6 is 48.0 Å². The van der Waals surface area contributed by atoms with E-state index in [-0.39, 0.29) is 48.6 Å². The Morgan fingerprint density at radius 2 is 2.04 bits per heavy atom. The van der Waals surface area contributed by atoms with Crippen molar-refractivity contribution >= 4 is 59.6 Å². The maximum absolute atomic E-state index is 12.6. The Kier molecular flexibility index (Phi) is 7.42. The number of carbonyl (C=O) groups excluding carboxylic acids is 1. The summed E-state index contributed by atoms with van der Waals surface area (Å²) in [7, 11) is 0. The van der Waals surface area contributed by atoms with Crippen LogP contribution in [0, 0.1) is 5.41 Å². The minimum Gasteiger partial charge on any atom is -0.342 e. The van der Waals surface area contributed by atoms with E-state index in [0.717, 1.165) is 6.42 Å². The first-order chi connectivity index (χ1) is 10.8. The zero-order chi connectivity index (χ0) is 16.8. The number of nitrogens with two attached hydrogens (primary N) is 1. The molecule has 9 heteroatoms. The zero-order valence-corrected chi connectivity index (χ0v) is 17.2. The molecule has 0 aromatic carbocycles. The molecule has 3 heterocycles. The van der Waals surface area contributed by atoms with Gasteiger partial charge < -0.3 is 15.0 Å². The molecule has 0 bridgehead atoms. The van der Waals surface area contributed by atoms with Gasteiger partial charge in [0.25, 0.3) is 0 Å². The molecular formula is C16H22Cl4N4O. The Labute approximate surface area is 169 Å². The van der Waals surface area contributed by atoms with Gasteiger partial charge >= 0.3 is 0 Å². The monoisotopic (exact) mass is 426 g/mol. The fourth-order valence-corrected chi connectivity index (χ4v) is 3.54. The van der Waals surface area contributed by atoms with Crippen LogP contribution in [0.4, 0.5) is 0 Å². The molecule has 1 aliphatic heterocycles.